The molecule has 0 saturated carbocycles. The van der Waals surface area contributed by atoms with Crippen LogP contribution in [0.15, 0.2) is 53.3 Å². The summed E-state index contributed by atoms with van der Waals surface area (Å²) < 4.78 is 40.1. The van der Waals surface area contributed by atoms with Crippen molar-refractivity contribution in [2.24, 2.45) is 0 Å². The first-order valence-electron chi connectivity index (χ1n) is 11.5. The Kier molecular flexibility index (Phi) is 7.68. The number of carbonyl (C=O) groups is 3. The molecule has 39 heavy (non-hydrogen) atoms. The van der Waals surface area contributed by atoms with Crippen LogP contribution in [0.25, 0.3) is 0 Å². The normalized spacial score (nSPS) is 12.8. The second kappa shape index (κ2) is 10.8. The molecule has 0 fully saturated rings. The molecule has 2 aromatic carbocycles. The SMILES string of the molecule is O=C(O)CCNC(=O)c1c(O)c2c(n(Cc3ccc(C(F)(F)F)cc3)c1=O)CN(C(=O)c1cccc(Cl)c1)C2. The van der Waals surface area contributed by atoms with Gasteiger partial charge in [-0.1, -0.05) is 29.8 Å². The van der Waals surface area contributed by atoms with Crippen molar-refractivity contribution in [3.8, 4) is 5.75 Å². The predicted molar refractivity (Wildman–Crippen MR) is 133 cm³/mol. The summed E-state index contributed by atoms with van der Waals surface area (Å²) in [6.07, 6.45) is -4.99. The topological polar surface area (TPSA) is 129 Å². The van der Waals surface area contributed by atoms with Gasteiger partial charge in [-0.15, -0.1) is 0 Å². The highest BCUT2D eigenvalue weighted by molar-refractivity contribution is 6.31. The fourth-order valence-corrected chi connectivity index (χ4v) is 4.45. The number of aromatic hydroxyl groups is 1. The van der Waals surface area contributed by atoms with Gasteiger partial charge in [-0.25, -0.2) is 0 Å². The number of halogens is 4. The molecule has 204 valence electrons. The smallest absolute Gasteiger partial charge is 0.416 e. The number of aromatic nitrogens is 1. The van der Waals surface area contributed by atoms with Gasteiger partial charge in [-0.3, -0.25) is 19.2 Å². The molecule has 0 saturated heterocycles. The molecule has 1 aliphatic heterocycles. The third-order valence-electron chi connectivity index (χ3n) is 6.18. The number of carboxylic acids is 1. The van der Waals surface area contributed by atoms with Crippen molar-refractivity contribution in [1.29, 1.82) is 0 Å². The van der Waals surface area contributed by atoms with E-state index in [2.05, 4.69) is 5.32 Å². The van der Waals surface area contributed by atoms with E-state index in [1.165, 1.54) is 29.2 Å². The number of nitrogens with zero attached hydrogens (tertiary/aromatic N) is 2. The quantitative estimate of drug-likeness (QED) is 0.403. The van der Waals surface area contributed by atoms with Gasteiger partial charge >= 0.3 is 12.1 Å². The van der Waals surface area contributed by atoms with Crippen molar-refractivity contribution in [3.63, 3.8) is 0 Å². The molecule has 0 bridgehead atoms. The first-order chi connectivity index (χ1) is 18.4. The summed E-state index contributed by atoms with van der Waals surface area (Å²) in [5, 5.41) is 22.3. The lowest BCUT2D eigenvalue weighted by Crippen LogP contribution is -2.36. The molecule has 0 radical (unpaired) electrons. The predicted octanol–water partition coefficient (Wildman–Crippen LogP) is 3.63. The minimum absolute atomic E-state index is 0.111. The number of fused-ring (bicyclic) bond motifs is 1. The van der Waals surface area contributed by atoms with E-state index >= 15 is 0 Å². The van der Waals surface area contributed by atoms with Crippen LogP contribution < -0.4 is 10.9 Å². The third-order valence-corrected chi connectivity index (χ3v) is 6.41. The van der Waals surface area contributed by atoms with E-state index in [1.807, 2.05) is 0 Å². The molecule has 2 heterocycles. The Morgan fingerprint density at radius 2 is 1.74 bits per heavy atom. The maximum absolute atomic E-state index is 13.4. The number of hydrogen-bond donors (Lipinski definition) is 3. The molecule has 2 amide bonds. The average molecular weight is 564 g/mol. The van der Waals surface area contributed by atoms with Crippen LogP contribution >= 0.6 is 11.6 Å². The molecule has 9 nitrogen and oxygen atoms in total. The summed E-state index contributed by atoms with van der Waals surface area (Å²) in [6, 6.07) is 10.2. The van der Waals surface area contributed by atoms with E-state index in [1.54, 1.807) is 12.1 Å². The van der Waals surface area contributed by atoms with E-state index in [0.29, 0.717) is 10.6 Å². The first kappa shape index (κ1) is 27.7. The van der Waals surface area contributed by atoms with Crippen LogP contribution in [0.4, 0.5) is 13.2 Å². The van der Waals surface area contributed by atoms with Crippen LogP contribution in [0.3, 0.4) is 0 Å². The molecule has 4 rings (SSSR count). The summed E-state index contributed by atoms with van der Waals surface area (Å²) in [5.41, 5.74) is -1.63. The number of carbonyl (C=O) groups excluding carboxylic acids is 2. The lowest BCUT2D eigenvalue weighted by Gasteiger charge is -2.17. The molecule has 1 aromatic heterocycles. The lowest BCUT2D eigenvalue weighted by molar-refractivity contribution is -0.138. The number of rotatable bonds is 7. The Morgan fingerprint density at radius 1 is 1.05 bits per heavy atom. The molecule has 3 aromatic rings. The van der Waals surface area contributed by atoms with E-state index < -0.39 is 52.8 Å². The van der Waals surface area contributed by atoms with Crippen LogP contribution in [0, 0.1) is 0 Å². The monoisotopic (exact) mass is 563 g/mol. The Hall–Kier alpha value is -4.32. The van der Waals surface area contributed by atoms with Crippen molar-refractivity contribution >= 4 is 29.4 Å². The molecule has 0 atom stereocenters. The van der Waals surface area contributed by atoms with Crippen LogP contribution in [-0.4, -0.2) is 44.0 Å². The Bertz CT molecular complexity index is 1520. The fraction of sp³-hybridized carbons (Fsp3) is 0.231. The number of aliphatic carboxylic acids is 1. The Labute approximate surface area is 224 Å². The molecule has 0 unspecified atom stereocenters. The fourth-order valence-electron chi connectivity index (χ4n) is 4.26. The van der Waals surface area contributed by atoms with Gasteiger partial charge in [0.1, 0.15) is 11.3 Å². The van der Waals surface area contributed by atoms with Crippen molar-refractivity contribution in [2.45, 2.75) is 32.2 Å². The van der Waals surface area contributed by atoms with Gasteiger partial charge in [0, 0.05) is 28.4 Å². The number of hydrogen-bond acceptors (Lipinski definition) is 5. The summed E-state index contributed by atoms with van der Waals surface area (Å²) in [7, 11) is 0. The van der Waals surface area contributed by atoms with Gasteiger partial charge < -0.3 is 25.0 Å². The average Bonchev–Trinajstić information content (AvgIpc) is 3.31. The molecular weight excluding hydrogens is 543 g/mol. The maximum Gasteiger partial charge on any atom is 0.416 e. The van der Waals surface area contributed by atoms with Crippen LogP contribution in [0.1, 0.15) is 49.5 Å². The second-order valence-corrected chi connectivity index (χ2v) is 9.24. The van der Waals surface area contributed by atoms with Gasteiger partial charge in [0.05, 0.1) is 31.6 Å². The van der Waals surface area contributed by atoms with Gasteiger partial charge in [0.25, 0.3) is 17.4 Å². The summed E-state index contributed by atoms with van der Waals surface area (Å²) >= 11 is 5.99. The summed E-state index contributed by atoms with van der Waals surface area (Å²) in [6.45, 7) is -0.878. The van der Waals surface area contributed by atoms with E-state index in [9.17, 15) is 37.5 Å². The number of nitrogens with one attached hydrogen (secondary N) is 1. The zero-order valence-electron chi connectivity index (χ0n) is 20.1. The zero-order valence-corrected chi connectivity index (χ0v) is 20.8. The van der Waals surface area contributed by atoms with E-state index in [-0.39, 0.29) is 43.0 Å². The van der Waals surface area contributed by atoms with E-state index in [0.717, 1.165) is 16.7 Å². The standard InChI is InChI=1S/C26H21ClF3N3O6/c27-17-3-1-2-15(10-17)24(38)32-12-18-19(13-32)33(11-14-4-6-16(7-5-14)26(28,29)30)25(39)21(22(18)36)23(37)31-9-8-20(34)35/h1-7,10,36H,8-9,11-13H2,(H,31,37)(H,34,35). The van der Waals surface area contributed by atoms with Crippen LogP contribution in [-0.2, 0) is 30.6 Å². The van der Waals surface area contributed by atoms with Crippen LogP contribution in [0.5, 0.6) is 5.75 Å². The number of amides is 2. The highest BCUT2D eigenvalue weighted by atomic mass is 35.5. The van der Waals surface area contributed by atoms with Crippen LogP contribution in [0.2, 0.25) is 5.02 Å². The lowest BCUT2D eigenvalue weighted by atomic mass is 10.1. The number of benzene rings is 2. The first-order valence-corrected chi connectivity index (χ1v) is 11.9. The van der Waals surface area contributed by atoms with E-state index in [4.69, 9.17) is 16.7 Å². The van der Waals surface area contributed by atoms with Crippen molar-refractivity contribution in [2.75, 3.05) is 6.54 Å². The minimum atomic E-state index is -4.56. The van der Waals surface area contributed by atoms with Gasteiger partial charge in [0.2, 0.25) is 0 Å². The Morgan fingerprint density at radius 3 is 2.36 bits per heavy atom. The van der Waals surface area contributed by atoms with Gasteiger partial charge in [0.15, 0.2) is 0 Å². The van der Waals surface area contributed by atoms with Gasteiger partial charge in [-0.2, -0.15) is 13.2 Å². The summed E-state index contributed by atoms with van der Waals surface area (Å²) in [4.78, 5) is 51.5. The second-order valence-electron chi connectivity index (χ2n) is 8.81. The minimum Gasteiger partial charge on any atom is -0.506 e. The number of pyridine rings is 1. The molecule has 3 N–H and O–H groups in total. The maximum atomic E-state index is 13.4. The molecule has 13 heteroatoms. The highest BCUT2D eigenvalue weighted by Crippen LogP contribution is 2.33. The number of carboxylic acid groups (broad SMARTS) is 1. The molecular formula is C26H21ClF3N3O6. The van der Waals surface area contributed by atoms with Crippen molar-refractivity contribution in [1.82, 2.24) is 14.8 Å². The van der Waals surface area contributed by atoms with Crippen molar-refractivity contribution in [3.05, 3.63) is 97.4 Å². The van der Waals surface area contributed by atoms with Gasteiger partial charge in [-0.05, 0) is 35.9 Å². The molecule has 0 aliphatic carbocycles. The molecule has 1 aliphatic rings. The third kappa shape index (κ3) is 5.90. The zero-order chi connectivity index (χ0) is 28.5. The van der Waals surface area contributed by atoms with Crippen molar-refractivity contribution < 1.29 is 37.8 Å². The Balaban J connectivity index is 1.75. The summed E-state index contributed by atoms with van der Waals surface area (Å²) in [5.74, 6) is -3.34. The molecule has 0 spiro atoms. The number of alkyl halides is 3. The highest BCUT2D eigenvalue weighted by Gasteiger charge is 2.34. The largest absolute Gasteiger partial charge is 0.506 e.